The zero-order valence-corrected chi connectivity index (χ0v) is 22.6. The van der Waals surface area contributed by atoms with Crippen molar-refractivity contribution >= 4 is 21.4 Å². The van der Waals surface area contributed by atoms with Gasteiger partial charge >= 0.3 is 12.4 Å². The highest BCUT2D eigenvalue weighted by Gasteiger charge is 2.45. The smallest absolute Gasteiger partial charge is 0.344 e. The number of hydrogen-bond donors (Lipinski definition) is 1. The van der Waals surface area contributed by atoms with Gasteiger partial charge < -0.3 is 5.32 Å². The van der Waals surface area contributed by atoms with Crippen molar-refractivity contribution in [2.24, 2.45) is 0 Å². The summed E-state index contributed by atoms with van der Waals surface area (Å²) in [4.78, 5) is -0.319. The summed E-state index contributed by atoms with van der Waals surface area (Å²) in [6, 6.07) is 11.1. The number of nitrogens with zero attached hydrogens (tertiary/aromatic N) is 4. The topological polar surface area (TPSA) is 81.8 Å². The number of dihydropyridines is 1. The Morgan fingerprint density at radius 3 is 1.64 bits per heavy atom. The first-order valence-electron chi connectivity index (χ1n) is 11.7. The minimum atomic E-state index is -5.01. The maximum atomic E-state index is 14.0. The van der Waals surface area contributed by atoms with Crippen molar-refractivity contribution in [1.82, 2.24) is 24.9 Å². The molecule has 0 fully saturated rings. The van der Waals surface area contributed by atoms with Gasteiger partial charge in [-0.3, -0.25) is 0 Å². The van der Waals surface area contributed by atoms with Crippen molar-refractivity contribution in [2.45, 2.75) is 18.1 Å². The number of hydrogen-bond acceptors (Lipinski definition) is 5. The molecule has 2 aromatic heterocycles. The lowest BCUT2D eigenvalue weighted by Gasteiger charge is -2.36. The van der Waals surface area contributed by atoms with Crippen LogP contribution >= 0.6 is 11.6 Å². The fourth-order valence-electron chi connectivity index (χ4n) is 4.27. The molecule has 4 aromatic rings. The van der Waals surface area contributed by atoms with Crippen LogP contribution in [0.15, 0.2) is 83.9 Å². The van der Waals surface area contributed by atoms with Crippen LogP contribution in [0.5, 0.6) is 0 Å². The highest BCUT2D eigenvalue weighted by atomic mass is 35.5. The molecule has 0 amide bonds. The van der Waals surface area contributed by atoms with E-state index >= 15 is 0 Å². The number of allylic oxidation sites excluding steroid dienone is 1. The van der Waals surface area contributed by atoms with Gasteiger partial charge in [0.05, 0.1) is 16.3 Å². The first-order valence-corrected chi connectivity index (χ1v) is 14.0. The van der Waals surface area contributed by atoms with E-state index in [1.54, 1.807) is 0 Å². The molecule has 7 nitrogen and oxygen atoms in total. The van der Waals surface area contributed by atoms with E-state index in [-0.39, 0.29) is 32.4 Å². The zero-order chi connectivity index (χ0) is 30.7. The van der Waals surface area contributed by atoms with Gasteiger partial charge in [-0.1, -0.05) is 23.7 Å². The molecule has 5 rings (SSSR count). The standard InChI is InChI=1S/C26H17ClF7N5O2S/c1-42(40,41)19-10-11-24(35-14-19,38-20(12-22(36-38)25(29,30)31)15-2-6-17(27)7-3-15)39-21(13-23(37-39)26(32,33)34)16-4-8-18(28)9-5-16/h2-14,35H,1H3. The van der Waals surface area contributed by atoms with Crippen LogP contribution in [0.25, 0.3) is 22.5 Å². The van der Waals surface area contributed by atoms with Gasteiger partial charge in [-0.15, -0.1) is 0 Å². The van der Waals surface area contributed by atoms with Crippen LogP contribution in [-0.2, 0) is 28.0 Å². The molecule has 0 saturated heterocycles. The van der Waals surface area contributed by atoms with Crippen molar-refractivity contribution in [3.8, 4) is 22.5 Å². The van der Waals surface area contributed by atoms with Crippen LogP contribution in [0.2, 0.25) is 5.02 Å². The highest BCUT2D eigenvalue weighted by molar-refractivity contribution is 7.94. The van der Waals surface area contributed by atoms with E-state index in [4.69, 9.17) is 11.6 Å². The second-order valence-corrected chi connectivity index (χ2v) is 11.6. The molecule has 1 aliphatic rings. The number of nitrogens with one attached hydrogen (secondary N) is 1. The Labute approximate surface area is 238 Å². The van der Waals surface area contributed by atoms with Crippen LogP contribution < -0.4 is 5.32 Å². The van der Waals surface area contributed by atoms with Gasteiger partial charge in [0.1, 0.15) is 5.82 Å². The SMILES string of the molecule is CS(=O)(=O)C1=CNC(n2nc(C(F)(F)F)cc2-c2ccc(F)cc2)(n2nc(C(F)(F)F)cc2-c2ccc(Cl)cc2)C=C1. The summed E-state index contributed by atoms with van der Waals surface area (Å²) in [6.07, 6.45) is -6.17. The summed E-state index contributed by atoms with van der Waals surface area (Å²) < 4.78 is 123. The van der Waals surface area contributed by atoms with Gasteiger partial charge in [0.2, 0.25) is 5.79 Å². The average molecular weight is 632 g/mol. The third kappa shape index (κ3) is 5.41. The Kier molecular flexibility index (Phi) is 7.01. The predicted octanol–water partition coefficient (Wildman–Crippen LogP) is 6.45. The van der Waals surface area contributed by atoms with Crippen molar-refractivity contribution in [1.29, 1.82) is 0 Å². The molecular weight excluding hydrogens is 615 g/mol. The zero-order valence-electron chi connectivity index (χ0n) is 21.0. The van der Waals surface area contributed by atoms with E-state index in [0.717, 1.165) is 53.6 Å². The second kappa shape index (κ2) is 10.0. The molecule has 1 N–H and O–H groups in total. The number of alkyl halides is 6. The molecule has 42 heavy (non-hydrogen) atoms. The van der Waals surface area contributed by atoms with Gasteiger partial charge in [-0.2, -0.15) is 36.5 Å². The Balaban J connectivity index is 1.87. The quantitative estimate of drug-likeness (QED) is 0.256. The third-order valence-corrected chi connectivity index (χ3v) is 7.62. The average Bonchev–Trinajstić information content (AvgIpc) is 3.56. The molecule has 1 atom stereocenters. The molecule has 0 aliphatic carbocycles. The lowest BCUT2D eigenvalue weighted by Crippen LogP contribution is -2.53. The Bertz CT molecular complexity index is 1720. The number of sulfone groups is 1. The van der Waals surface area contributed by atoms with Crippen LogP contribution in [0.3, 0.4) is 0 Å². The van der Waals surface area contributed by atoms with E-state index in [0.29, 0.717) is 16.8 Å². The number of aromatic nitrogens is 4. The minimum Gasteiger partial charge on any atom is -0.344 e. The molecule has 0 radical (unpaired) electrons. The molecule has 16 heteroatoms. The summed E-state index contributed by atoms with van der Waals surface area (Å²) in [6.45, 7) is 0. The molecule has 0 spiro atoms. The lowest BCUT2D eigenvalue weighted by molar-refractivity contribution is -0.142. The second-order valence-electron chi connectivity index (χ2n) is 9.19. The van der Waals surface area contributed by atoms with Gasteiger partial charge in [0.25, 0.3) is 0 Å². The number of benzene rings is 2. The van der Waals surface area contributed by atoms with E-state index in [1.807, 2.05) is 0 Å². The molecule has 2 aromatic carbocycles. The monoisotopic (exact) mass is 631 g/mol. The van der Waals surface area contributed by atoms with Crippen LogP contribution in [0, 0.1) is 5.82 Å². The molecule has 0 bridgehead atoms. The molecule has 3 heterocycles. The highest BCUT2D eigenvalue weighted by Crippen LogP contribution is 2.40. The van der Waals surface area contributed by atoms with Crippen molar-refractivity contribution in [2.75, 3.05) is 6.26 Å². The normalized spacial score (nSPS) is 17.7. The maximum Gasteiger partial charge on any atom is 0.435 e. The van der Waals surface area contributed by atoms with Crippen LogP contribution in [0.4, 0.5) is 30.7 Å². The van der Waals surface area contributed by atoms with E-state index in [1.165, 1.54) is 24.3 Å². The Hall–Kier alpha value is -4.11. The van der Waals surface area contributed by atoms with E-state index in [2.05, 4.69) is 15.5 Å². The molecule has 1 unspecified atom stereocenters. The Morgan fingerprint density at radius 2 is 1.26 bits per heavy atom. The van der Waals surface area contributed by atoms with Gasteiger partial charge in [-0.05, 0) is 60.7 Å². The molecule has 1 aliphatic heterocycles. The van der Waals surface area contributed by atoms with Gasteiger partial charge in [-0.25, -0.2) is 22.2 Å². The van der Waals surface area contributed by atoms with Crippen LogP contribution in [-0.4, -0.2) is 34.2 Å². The van der Waals surface area contributed by atoms with E-state index in [9.17, 15) is 39.2 Å². The van der Waals surface area contributed by atoms with Gasteiger partial charge in [0, 0.05) is 28.6 Å². The largest absolute Gasteiger partial charge is 0.435 e. The summed E-state index contributed by atoms with van der Waals surface area (Å²) >= 11 is 5.95. The minimum absolute atomic E-state index is 0.0168. The van der Waals surface area contributed by atoms with Crippen LogP contribution in [0.1, 0.15) is 11.4 Å². The molecular formula is C26H17ClF7N5O2S. The number of halogens is 8. The molecule has 220 valence electrons. The van der Waals surface area contributed by atoms with Gasteiger partial charge in [0.15, 0.2) is 21.2 Å². The van der Waals surface area contributed by atoms with Crippen molar-refractivity contribution in [3.63, 3.8) is 0 Å². The lowest BCUT2D eigenvalue weighted by atomic mass is 10.1. The summed E-state index contributed by atoms with van der Waals surface area (Å²) in [5.74, 6) is -3.02. The Morgan fingerprint density at radius 1 is 0.810 bits per heavy atom. The van der Waals surface area contributed by atoms with Crippen molar-refractivity contribution in [3.05, 3.63) is 106 Å². The predicted molar refractivity (Wildman–Crippen MR) is 139 cm³/mol. The maximum absolute atomic E-state index is 14.0. The summed E-state index contributed by atoms with van der Waals surface area (Å²) in [5.41, 5.74) is -3.20. The first-order chi connectivity index (χ1) is 19.5. The number of rotatable bonds is 5. The summed E-state index contributed by atoms with van der Waals surface area (Å²) in [7, 11) is -3.87. The summed E-state index contributed by atoms with van der Waals surface area (Å²) in [5, 5.41) is 10.3. The third-order valence-electron chi connectivity index (χ3n) is 6.26. The fourth-order valence-corrected chi connectivity index (χ4v) is 4.98. The van der Waals surface area contributed by atoms with Crippen molar-refractivity contribution < 1.29 is 39.2 Å². The molecule has 0 saturated carbocycles. The fraction of sp³-hybridized carbons (Fsp3) is 0.154. The first kappa shape index (κ1) is 29.4. The van der Waals surface area contributed by atoms with E-state index < -0.39 is 45.2 Å².